The number of nitrogens with one attached hydrogen (secondary N) is 1. The van der Waals surface area contributed by atoms with E-state index >= 15 is 0 Å². The summed E-state index contributed by atoms with van der Waals surface area (Å²) in [5.41, 5.74) is 2.76. The van der Waals surface area contributed by atoms with Gasteiger partial charge in [0.25, 0.3) is 11.6 Å². The van der Waals surface area contributed by atoms with E-state index in [9.17, 15) is 20.0 Å². The number of benzene rings is 2. The molecule has 2 N–H and O–H groups in total. The van der Waals surface area contributed by atoms with E-state index in [-0.39, 0.29) is 29.0 Å². The lowest BCUT2D eigenvalue weighted by molar-refractivity contribution is -0.927. The Morgan fingerprint density at radius 1 is 1.23 bits per heavy atom. The van der Waals surface area contributed by atoms with Crippen molar-refractivity contribution in [1.29, 1.82) is 0 Å². The van der Waals surface area contributed by atoms with E-state index in [0.29, 0.717) is 5.75 Å². The molecule has 1 atom stereocenters. The minimum Gasteiger partial charge on any atom is -0.491 e. The van der Waals surface area contributed by atoms with Crippen LogP contribution in [0.4, 0.5) is 5.69 Å². The summed E-state index contributed by atoms with van der Waals surface area (Å²) < 4.78 is 5.48. The molecule has 138 valence electrons. The van der Waals surface area contributed by atoms with Crippen molar-refractivity contribution in [3.05, 3.63) is 70.3 Å². The second-order valence-corrected chi connectivity index (χ2v) is 6.39. The second kappa shape index (κ2) is 8.41. The molecule has 0 fully saturated rings. The van der Waals surface area contributed by atoms with Gasteiger partial charge in [-0.05, 0) is 18.2 Å². The second-order valence-electron chi connectivity index (χ2n) is 6.39. The number of nitro benzene ring substituents is 1. The molecule has 1 amide bonds. The maximum absolute atomic E-state index is 12.3. The van der Waals surface area contributed by atoms with E-state index < -0.39 is 16.9 Å². The van der Waals surface area contributed by atoms with E-state index in [1.165, 1.54) is 24.3 Å². The van der Waals surface area contributed by atoms with Crippen LogP contribution in [-0.4, -0.2) is 53.9 Å². The Kier molecular flexibility index (Phi) is 6.26. The lowest BCUT2D eigenvalue weighted by Gasteiger charge is -2.30. The van der Waals surface area contributed by atoms with E-state index in [2.05, 4.69) is 5.43 Å². The SMILES string of the molecule is C[N+](C)(CC(O)COc1ccccc1)NC(=O)c1cccc([N+](=O)[O-])c1. The number of rotatable bonds is 8. The smallest absolute Gasteiger partial charge is 0.296 e. The predicted molar refractivity (Wildman–Crippen MR) is 95.5 cm³/mol. The molecule has 2 rings (SSSR count). The van der Waals surface area contributed by atoms with Crippen molar-refractivity contribution in [3.63, 3.8) is 0 Å². The molecule has 8 nitrogen and oxygen atoms in total. The number of quaternary nitrogens is 1. The molecule has 8 heteroatoms. The number of hydrogen-bond acceptors (Lipinski definition) is 5. The van der Waals surface area contributed by atoms with E-state index in [4.69, 9.17) is 4.74 Å². The molecule has 0 aliphatic rings. The maximum Gasteiger partial charge on any atom is 0.296 e. The van der Waals surface area contributed by atoms with Crippen molar-refractivity contribution in [2.45, 2.75) is 6.10 Å². The summed E-state index contributed by atoms with van der Waals surface area (Å²) in [5, 5.41) is 21.0. The van der Waals surface area contributed by atoms with Crippen molar-refractivity contribution >= 4 is 11.6 Å². The number of aliphatic hydroxyl groups excluding tert-OH is 1. The lowest BCUT2D eigenvalue weighted by Crippen LogP contribution is -2.58. The Morgan fingerprint density at radius 3 is 2.58 bits per heavy atom. The first-order chi connectivity index (χ1) is 12.3. The number of aliphatic hydroxyl groups is 1. The van der Waals surface area contributed by atoms with Gasteiger partial charge >= 0.3 is 0 Å². The summed E-state index contributed by atoms with van der Waals surface area (Å²) in [6, 6.07) is 14.6. The first-order valence-corrected chi connectivity index (χ1v) is 8.03. The standard InChI is InChI=1S/C18H21N3O5/c1-21(2,12-16(22)13-26-17-9-4-3-5-10-17)19-18(23)14-7-6-8-15(11-14)20(24)25/h3-11,16,22H,12-13H2,1-2H3/p+1. The number of para-hydroxylation sites is 1. The van der Waals surface area contributed by atoms with Gasteiger partial charge in [-0.2, -0.15) is 5.43 Å². The van der Waals surface area contributed by atoms with Crippen LogP contribution in [0.3, 0.4) is 0 Å². The fourth-order valence-electron chi connectivity index (χ4n) is 2.43. The van der Waals surface area contributed by atoms with E-state index in [1.54, 1.807) is 26.2 Å². The highest BCUT2D eigenvalue weighted by Gasteiger charge is 2.25. The molecule has 0 radical (unpaired) electrons. The number of ether oxygens (including phenoxy) is 1. The molecule has 1 unspecified atom stereocenters. The third-order valence-corrected chi connectivity index (χ3v) is 3.58. The third-order valence-electron chi connectivity index (χ3n) is 3.58. The third kappa shape index (κ3) is 5.83. The minimum absolute atomic E-state index is 0.0131. The van der Waals surface area contributed by atoms with E-state index in [0.717, 1.165) is 0 Å². The van der Waals surface area contributed by atoms with Crippen LogP contribution in [0.1, 0.15) is 10.4 Å². The number of likely N-dealkylation sites (N-methyl/N-ethyl adjacent to an activating group) is 1. The van der Waals surface area contributed by atoms with Gasteiger partial charge in [0.05, 0.1) is 24.6 Å². The largest absolute Gasteiger partial charge is 0.491 e. The number of carbonyl (C=O) groups is 1. The average molecular weight is 360 g/mol. The van der Waals surface area contributed by atoms with Gasteiger partial charge in [0.1, 0.15) is 25.0 Å². The molecule has 0 saturated heterocycles. The molecule has 0 aliphatic heterocycles. The Balaban J connectivity index is 1.91. The number of amides is 1. The monoisotopic (exact) mass is 360 g/mol. The van der Waals surface area contributed by atoms with Crippen molar-refractivity contribution < 1.29 is 24.2 Å². The van der Waals surface area contributed by atoms with Crippen molar-refractivity contribution in [1.82, 2.24) is 5.43 Å². The molecule has 0 saturated carbocycles. The molecule has 26 heavy (non-hydrogen) atoms. The molecule has 0 spiro atoms. The van der Waals surface area contributed by atoms with Crippen LogP contribution in [0.15, 0.2) is 54.6 Å². The zero-order valence-electron chi connectivity index (χ0n) is 14.7. The van der Waals surface area contributed by atoms with Crippen LogP contribution < -0.4 is 10.2 Å². The number of nitrogens with zero attached hydrogens (tertiary/aromatic N) is 2. The first kappa shape index (κ1) is 19.4. The highest BCUT2D eigenvalue weighted by molar-refractivity contribution is 5.94. The number of hydrogen-bond donors (Lipinski definition) is 2. The predicted octanol–water partition coefficient (Wildman–Crippen LogP) is 1.76. The summed E-state index contributed by atoms with van der Waals surface area (Å²) in [4.78, 5) is 22.6. The van der Waals surface area contributed by atoms with Crippen molar-refractivity contribution in [2.24, 2.45) is 0 Å². The van der Waals surface area contributed by atoms with Crippen LogP contribution >= 0.6 is 0 Å². The van der Waals surface area contributed by atoms with Crippen LogP contribution in [-0.2, 0) is 0 Å². The van der Waals surface area contributed by atoms with Gasteiger partial charge in [0.15, 0.2) is 0 Å². The molecule has 0 aliphatic carbocycles. The zero-order chi connectivity index (χ0) is 19.2. The molecular formula is C18H22N3O5+. The summed E-state index contributed by atoms with van der Waals surface area (Å²) in [5.74, 6) is 0.187. The summed E-state index contributed by atoms with van der Waals surface area (Å²) in [6.07, 6.45) is -0.810. The van der Waals surface area contributed by atoms with Gasteiger partial charge in [-0.25, -0.2) is 4.59 Å². The van der Waals surface area contributed by atoms with Crippen LogP contribution in [0.2, 0.25) is 0 Å². The first-order valence-electron chi connectivity index (χ1n) is 8.03. The van der Waals surface area contributed by atoms with Gasteiger partial charge < -0.3 is 9.84 Å². The molecule has 0 heterocycles. The molecule has 2 aromatic rings. The highest BCUT2D eigenvalue weighted by Crippen LogP contribution is 2.14. The molecule has 0 aromatic heterocycles. The molecule has 2 aromatic carbocycles. The van der Waals surface area contributed by atoms with E-state index in [1.807, 2.05) is 18.2 Å². The average Bonchev–Trinajstić information content (AvgIpc) is 2.60. The summed E-state index contributed by atoms with van der Waals surface area (Å²) >= 11 is 0. The van der Waals surface area contributed by atoms with Crippen molar-refractivity contribution in [2.75, 3.05) is 27.2 Å². The lowest BCUT2D eigenvalue weighted by atomic mass is 10.2. The van der Waals surface area contributed by atoms with Gasteiger partial charge in [0.2, 0.25) is 0 Å². The zero-order valence-corrected chi connectivity index (χ0v) is 14.7. The molecule has 0 bridgehead atoms. The Morgan fingerprint density at radius 2 is 1.92 bits per heavy atom. The fraction of sp³-hybridized carbons (Fsp3) is 0.278. The normalized spacial score (nSPS) is 12.3. The number of carbonyl (C=O) groups excluding carboxylic acids is 1. The number of nitro groups is 1. The molecular weight excluding hydrogens is 338 g/mol. The van der Waals surface area contributed by atoms with Crippen LogP contribution in [0.5, 0.6) is 5.75 Å². The van der Waals surface area contributed by atoms with Crippen LogP contribution in [0.25, 0.3) is 0 Å². The summed E-state index contributed by atoms with van der Waals surface area (Å²) in [7, 11) is 3.42. The fourth-order valence-corrected chi connectivity index (χ4v) is 2.43. The minimum atomic E-state index is -0.810. The topological polar surface area (TPSA) is 102 Å². The maximum atomic E-state index is 12.3. The summed E-state index contributed by atoms with van der Waals surface area (Å²) in [6.45, 7) is 0.284. The van der Waals surface area contributed by atoms with Crippen LogP contribution in [0, 0.1) is 10.1 Å². The highest BCUT2D eigenvalue weighted by atomic mass is 16.6. The van der Waals surface area contributed by atoms with Gasteiger partial charge in [0, 0.05) is 12.1 Å². The Hall–Kier alpha value is -2.97. The van der Waals surface area contributed by atoms with Crippen molar-refractivity contribution in [3.8, 4) is 5.75 Å². The number of non-ortho nitro benzene ring substituents is 1. The van der Waals surface area contributed by atoms with Gasteiger partial charge in [-0.3, -0.25) is 14.9 Å². The van der Waals surface area contributed by atoms with Gasteiger partial charge in [-0.15, -0.1) is 0 Å². The Labute approximate surface area is 151 Å². The van der Waals surface area contributed by atoms with Gasteiger partial charge in [-0.1, -0.05) is 24.3 Å². The Bertz CT molecular complexity index is 764. The quantitative estimate of drug-likeness (QED) is 0.424.